The topological polar surface area (TPSA) is 60.9 Å². The molecule has 1 aromatic rings. The van der Waals surface area contributed by atoms with Gasteiger partial charge in [0.1, 0.15) is 5.69 Å². The van der Waals surface area contributed by atoms with Crippen molar-refractivity contribution in [3.63, 3.8) is 0 Å². The fourth-order valence-corrected chi connectivity index (χ4v) is 1.14. The molecule has 0 saturated heterocycles. The van der Waals surface area contributed by atoms with Crippen molar-refractivity contribution in [3.05, 3.63) is 17.5 Å². The number of hydrogen-bond donors (Lipinski definition) is 1. The molecule has 1 heterocycles. The van der Waals surface area contributed by atoms with Crippen molar-refractivity contribution in [3.8, 4) is 0 Å². The number of nitrogens with two attached hydrogens (primary N) is 1. The highest BCUT2D eigenvalue weighted by Crippen LogP contribution is 2.28. The second-order valence-electron chi connectivity index (χ2n) is 3.00. The second kappa shape index (κ2) is 3.92. The molecule has 0 unspecified atom stereocenters. The quantitative estimate of drug-likeness (QED) is 0.838. The van der Waals surface area contributed by atoms with Crippen molar-refractivity contribution in [2.75, 3.05) is 0 Å². The van der Waals surface area contributed by atoms with Gasteiger partial charge in [0.05, 0.1) is 0 Å². The van der Waals surface area contributed by atoms with Gasteiger partial charge in [-0.05, 0) is 6.42 Å². The van der Waals surface area contributed by atoms with Crippen LogP contribution >= 0.6 is 0 Å². The van der Waals surface area contributed by atoms with Crippen LogP contribution in [0.2, 0.25) is 0 Å². The fourth-order valence-electron chi connectivity index (χ4n) is 1.14. The molecule has 2 N–H and O–H groups in total. The molecule has 0 aliphatic heterocycles. The zero-order valence-electron chi connectivity index (χ0n) is 8.01. The maximum atomic E-state index is 12.3. The summed E-state index contributed by atoms with van der Waals surface area (Å²) in [5.41, 5.74) is 3.62. The molecule has 0 atom stereocenters. The number of carbonyl (C=O) groups excluding carboxylic acids is 1. The summed E-state index contributed by atoms with van der Waals surface area (Å²) in [4.78, 5) is 10.8. The number of hydrogen-bond acceptors (Lipinski definition) is 2. The van der Waals surface area contributed by atoms with E-state index in [-0.39, 0.29) is 12.2 Å². The zero-order valence-corrected chi connectivity index (χ0v) is 8.01. The number of primary amides is 1. The number of rotatable bonds is 3. The van der Waals surface area contributed by atoms with Crippen molar-refractivity contribution in [1.29, 1.82) is 0 Å². The normalized spacial score (nSPS) is 11.7. The molecule has 0 aliphatic rings. The lowest BCUT2D eigenvalue weighted by molar-refractivity contribution is -0.141. The van der Waals surface area contributed by atoms with Gasteiger partial charge in [0, 0.05) is 12.6 Å². The Hall–Kier alpha value is -1.53. The molecule has 15 heavy (non-hydrogen) atoms. The van der Waals surface area contributed by atoms with Gasteiger partial charge in [0.25, 0.3) is 5.91 Å². The maximum absolute atomic E-state index is 12.3. The summed E-state index contributed by atoms with van der Waals surface area (Å²) in [6, 6.07) is 0.665. The maximum Gasteiger partial charge on any atom is 0.435 e. The summed E-state index contributed by atoms with van der Waals surface area (Å²) in [5, 5.41) is 3.28. The van der Waals surface area contributed by atoms with E-state index < -0.39 is 17.8 Å². The molecule has 1 amide bonds. The molecule has 0 bridgehead atoms. The molecule has 7 heteroatoms. The first kappa shape index (κ1) is 11.5. The Morgan fingerprint density at radius 3 is 2.60 bits per heavy atom. The lowest BCUT2D eigenvalue weighted by atomic mass is 10.3. The number of aryl methyl sites for hydroxylation is 1. The van der Waals surface area contributed by atoms with Crippen LogP contribution in [0.25, 0.3) is 0 Å². The molecule has 0 fully saturated rings. The third-order valence-corrected chi connectivity index (χ3v) is 1.76. The SMILES string of the molecule is CCCn1nc(C(F)(F)F)cc1C(N)=O. The van der Waals surface area contributed by atoms with Crippen LogP contribution in [0, 0.1) is 0 Å². The lowest BCUT2D eigenvalue weighted by Gasteiger charge is -2.02. The Kier molecular flexibility index (Phi) is 3.01. The minimum atomic E-state index is -4.55. The molecule has 84 valence electrons. The molecule has 4 nitrogen and oxygen atoms in total. The summed E-state index contributed by atoms with van der Waals surface area (Å²) in [7, 11) is 0. The number of alkyl halides is 3. The largest absolute Gasteiger partial charge is 0.435 e. The van der Waals surface area contributed by atoms with Gasteiger partial charge in [0.2, 0.25) is 0 Å². The van der Waals surface area contributed by atoms with Crippen LogP contribution in [0.4, 0.5) is 13.2 Å². The lowest BCUT2D eigenvalue weighted by Crippen LogP contribution is -2.17. The molecule has 0 aromatic carbocycles. The summed E-state index contributed by atoms with van der Waals surface area (Å²) < 4.78 is 37.7. The number of halogens is 3. The standard InChI is InChI=1S/C8H10F3N3O/c1-2-3-14-5(7(12)15)4-6(13-14)8(9,10)11/h4H,2-3H2,1H3,(H2,12,15). The van der Waals surface area contributed by atoms with Gasteiger partial charge in [0.15, 0.2) is 5.69 Å². The summed E-state index contributed by atoms with van der Waals surface area (Å²) in [5.74, 6) is -0.911. The van der Waals surface area contributed by atoms with E-state index in [9.17, 15) is 18.0 Å². The van der Waals surface area contributed by atoms with Gasteiger partial charge in [-0.1, -0.05) is 6.92 Å². The minimum Gasteiger partial charge on any atom is -0.364 e. The molecule has 0 aliphatic carbocycles. The predicted molar refractivity (Wildman–Crippen MR) is 46.0 cm³/mol. The van der Waals surface area contributed by atoms with Gasteiger partial charge >= 0.3 is 6.18 Å². The van der Waals surface area contributed by atoms with E-state index in [0.29, 0.717) is 12.5 Å². The van der Waals surface area contributed by atoms with E-state index in [1.807, 2.05) is 0 Å². The first-order valence-corrected chi connectivity index (χ1v) is 4.31. The summed E-state index contributed by atoms with van der Waals surface area (Å²) in [6.45, 7) is 1.99. The average Bonchev–Trinajstić information content (AvgIpc) is 2.48. The van der Waals surface area contributed by atoms with Crippen molar-refractivity contribution in [1.82, 2.24) is 9.78 Å². The van der Waals surface area contributed by atoms with Crippen molar-refractivity contribution < 1.29 is 18.0 Å². The molecule has 0 saturated carbocycles. The van der Waals surface area contributed by atoms with Crippen molar-refractivity contribution in [2.45, 2.75) is 26.1 Å². The van der Waals surface area contributed by atoms with Gasteiger partial charge < -0.3 is 5.73 Å². The highest BCUT2D eigenvalue weighted by molar-refractivity contribution is 5.91. The Labute approximate surface area is 83.9 Å². The zero-order chi connectivity index (χ0) is 11.6. The Bertz CT molecular complexity index is 370. The molecule has 1 rings (SSSR count). The van der Waals surface area contributed by atoms with Gasteiger partial charge in [-0.25, -0.2) is 0 Å². The van der Waals surface area contributed by atoms with Gasteiger partial charge in [-0.2, -0.15) is 18.3 Å². The minimum absolute atomic E-state index is 0.218. The molecule has 0 spiro atoms. The van der Waals surface area contributed by atoms with Crippen LogP contribution < -0.4 is 5.73 Å². The van der Waals surface area contributed by atoms with Crippen LogP contribution in [-0.4, -0.2) is 15.7 Å². The summed E-state index contributed by atoms with van der Waals surface area (Å²) >= 11 is 0. The Balaban J connectivity index is 3.15. The van der Waals surface area contributed by atoms with E-state index in [2.05, 4.69) is 5.10 Å². The number of amides is 1. The number of aromatic nitrogens is 2. The third-order valence-electron chi connectivity index (χ3n) is 1.76. The Morgan fingerprint density at radius 1 is 1.60 bits per heavy atom. The first-order chi connectivity index (χ1) is 6.86. The van der Waals surface area contributed by atoms with Crippen LogP contribution in [0.5, 0.6) is 0 Å². The van der Waals surface area contributed by atoms with E-state index in [1.165, 1.54) is 0 Å². The van der Waals surface area contributed by atoms with Crippen LogP contribution in [-0.2, 0) is 12.7 Å². The van der Waals surface area contributed by atoms with E-state index in [4.69, 9.17) is 5.73 Å². The predicted octanol–water partition coefficient (Wildman–Crippen LogP) is 1.41. The van der Waals surface area contributed by atoms with Crippen molar-refractivity contribution >= 4 is 5.91 Å². The Morgan fingerprint density at radius 2 is 2.20 bits per heavy atom. The molecular weight excluding hydrogens is 211 g/mol. The fraction of sp³-hybridized carbons (Fsp3) is 0.500. The summed E-state index contributed by atoms with van der Waals surface area (Å²) in [6.07, 6.45) is -3.98. The number of nitrogens with zero attached hydrogens (tertiary/aromatic N) is 2. The van der Waals surface area contributed by atoms with Gasteiger partial charge in [-0.15, -0.1) is 0 Å². The monoisotopic (exact) mass is 221 g/mol. The van der Waals surface area contributed by atoms with Crippen molar-refractivity contribution in [2.24, 2.45) is 5.73 Å². The van der Waals surface area contributed by atoms with E-state index in [1.54, 1.807) is 6.92 Å². The number of carbonyl (C=O) groups is 1. The van der Waals surface area contributed by atoms with Crippen LogP contribution in [0.15, 0.2) is 6.07 Å². The molecular formula is C8H10F3N3O. The van der Waals surface area contributed by atoms with Crippen LogP contribution in [0.3, 0.4) is 0 Å². The highest BCUT2D eigenvalue weighted by Gasteiger charge is 2.35. The second-order valence-corrected chi connectivity index (χ2v) is 3.00. The highest BCUT2D eigenvalue weighted by atomic mass is 19.4. The smallest absolute Gasteiger partial charge is 0.364 e. The van der Waals surface area contributed by atoms with Gasteiger partial charge in [-0.3, -0.25) is 9.48 Å². The third kappa shape index (κ3) is 2.48. The molecule has 0 radical (unpaired) electrons. The van der Waals surface area contributed by atoms with Crippen LogP contribution in [0.1, 0.15) is 29.5 Å². The average molecular weight is 221 g/mol. The van der Waals surface area contributed by atoms with E-state index >= 15 is 0 Å². The van der Waals surface area contributed by atoms with E-state index in [0.717, 1.165) is 4.68 Å². The first-order valence-electron chi connectivity index (χ1n) is 4.31. The molecule has 1 aromatic heterocycles.